The van der Waals surface area contributed by atoms with E-state index in [2.05, 4.69) is 4.98 Å². The van der Waals surface area contributed by atoms with Crippen LogP contribution in [0.25, 0.3) is 0 Å². The second kappa shape index (κ2) is 7.48. The fraction of sp³-hybridized carbons (Fsp3) is 0.211. The van der Waals surface area contributed by atoms with E-state index in [-0.39, 0.29) is 0 Å². The Morgan fingerprint density at radius 2 is 1.92 bits per heavy atom. The molecule has 0 radical (unpaired) electrons. The number of imidazole rings is 1. The number of rotatable bonds is 6. The first-order valence-electron chi connectivity index (χ1n) is 7.77. The first-order valence-corrected chi connectivity index (χ1v) is 8.52. The van der Waals surface area contributed by atoms with Crippen molar-refractivity contribution in [3.05, 3.63) is 82.4 Å². The Balaban J connectivity index is 1.98. The van der Waals surface area contributed by atoms with Crippen LogP contribution in [0.4, 0.5) is 0 Å². The molecule has 25 heavy (non-hydrogen) atoms. The molecule has 2 aromatic carbocycles. The van der Waals surface area contributed by atoms with Crippen LogP contribution in [-0.2, 0) is 18.6 Å². The number of hydrogen-bond donors (Lipinski definition) is 1. The zero-order chi connectivity index (χ0) is 17.9. The summed E-state index contributed by atoms with van der Waals surface area (Å²) in [5.74, 6) is 0.734. The van der Waals surface area contributed by atoms with Gasteiger partial charge < -0.3 is 14.4 Å². The van der Waals surface area contributed by atoms with Crippen molar-refractivity contribution in [3.8, 4) is 5.75 Å². The lowest BCUT2D eigenvalue weighted by atomic mass is 9.87. The van der Waals surface area contributed by atoms with Crippen LogP contribution in [0, 0.1) is 0 Å². The number of hydrogen-bond acceptors (Lipinski definition) is 3. The molecule has 0 bridgehead atoms. The van der Waals surface area contributed by atoms with Gasteiger partial charge in [0.2, 0.25) is 0 Å². The van der Waals surface area contributed by atoms with Crippen LogP contribution in [0.1, 0.15) is 11.1 Å². The first-order chi connectivity index (χ1) is 12.0. The van der Waals surface area contributed by atoms with Gasteiger partial charge in [0, 0.05) is 28.9 Å². The average Bonchev–Trinajstić information content (AvgIpc) is 3.10. The monoisotopic (exact) mass is 376 g/mol. The van der Waals surface area contributed by atoms with E-state index in [0.29, 0.717) is 23.0 Å². The summed E-state index contributed by atoms with van der Waals surface area (Å²) >= 11 is 12.3. The van der Waals surface area contributed by atoms with Crippen LogP contribution in [0.2, 0.25) is 10.0 Å². The summed E-state index contributed by atoms with van der Waals surface area (Å²) in [5, 5.41) is 12.6. The minimum atomic E-state index is -1.16. The van der Waals surface area contributed by atoms with Crippen molar-refractivity contribution in [1.82, 2.24) is 9.55 Å². The van der Waals surface area contributed by atoms with Gasteiger partial charge in [0.1, 0.15) is 11.4 Å². The Morgan fingerprint density at radius 1 is 1.16 bits per heavy atom. The summed E-state index contributed by atoms with van der Waals surface area (Å²) in [4.78, 5) is 4.05. The molecule has 1 heterocycles. The Bertz CT molecular complexity index is 835. The predicted octanol–water partition coefficient (Wildman–Crippen LogP) is 4.33. The number of nitrogens with zero attached hydrogens (tertiary/aromatic N) is 2. The zero-order valence-electron chi connectivity index (χ0n) is 13.7. The molecule has 1 aromatic heterocycles. The number of halogens is 2. The van der Waals surface area contributed by atoms with Crippen LogP contribution < -0.4 is 4.74 Å². The number of benzene rings is 2. The molecule has 3 aromatic rings. The SMILES string of the molecule is COc1ccc(C(O)(Cc2ccc(Cl)cc2Cl)Cn2ccnc2)cc1. The minimum Gasteiger partial charge on any atom is -0.497 e. The summed E-state index contributed by atoms with van der Waals surface area (Å²) in [5.41, 5.74) is 0.433. The van der Waals surface area contributed by atoms with Crippen LogP contribution in [0.15, 0.2) is 61.2 Å². The lowest BCUT2D eigenvalue weighted by Gasteiger charge is -2.30. The highest BCUT2D eigenvalue weighted by molar-refractivity contribution is 6.35. The quantitative estimate of drug-likeness (QED) is 0.696. The third kappa shape index (κ3) is 4.15. The molecule has 1 N–H and O–H groups in total. The number of aliphatic hydroxyl groups is 1. The number of aromatic nitrogens is 2. The minimum absolute atomic E-state index is 0.341. The van der Waals surface area contributed by atoms with E-state index in [4.69, 9.17) is 27.9 Å². The predicted molar refractivity (Wildman–Crippen MR) is 99.3 cm³/mol. The average molecular weight is 377 g/mol. The molecular weight excluding hydrogens is 359 g/mol. The Kier molecular flexibility index (Phi) is 5.33. The molecular formula is C19H18Cl2N2O2. The van der Waals surface area contributed by atoms with Gasteiger partial charge >= 0.3 is 0 Å². The summed E-state index contributed by atoms with van der Waals surface area (Å²) in [6.07, 6.45) is 5.52. The van der Waals surface area contributed by atoms with Crippen molar-refractivity contribution in [1.29, 1.82) is 0 Å². The zero-order valence-corrected chi connectivity index (χ0v) is 15.2. The van der Waals surface area contributed by atoms with E-state index in [1.165, 1.54) is 0 Å². The fourth-order valence-corrected chi connectivity index (χ4v) is 3.29. The van der Waals surface area contributed by atoms with Gasteiger partial charge in [0.05, 0.1) is 20.0 Å². The summed E-state index contributed by atoms with van der Waals surface area (Å²) < 4.78 is 7.05. The molecule has 130 valence electrons. The van der Waals surface area contributed by atoms with Crippen molar-refractivity contribution >= 4 is 23.2 Å². The molecule has 6 heteroatoms. The normalized spacial score (nSPS) is 13.4. The first kappa shape index (κ1) is 17.8. The molecule has 4 nitrogen and oxygen atoms in total. The molecule has 0 aliphatic carbocycles. The van der Waals surface area contributed by atoms with Crippen LogP contribution in [0.5, 0.6) is 5.75 Å². The largest absolute Gasteiger partial charge is 0.497 e. The highest BCUT2D eigenvalue weighted by atomic mass is 35.5. The van der Waals surface area contributed by atoms with Gasteiger partial charge in [-0.05, 0) is 35.4 Å². The van der Waals surface area contributed by atoms with E-state index < -0.39 is 5.60 Å². The second-order valence-corrected chi connectivity index (χ2v) is 6.75. The van der Waals surface area contributed by atoms with Gasteiger partial charge in [0.15, 0.2) is 0 Å². The Morgan fingerprint density at radius 3 is 2.52 bits per heavy atom. The van der Waals surface area contributed by atoms with Crippen LogP contribution in [0.3, 0.4) is 0 Å². The van der Waals surface area contributed by atoms with E-state index in [9.17, 15) is 5.11 Å². The van der Waals surface area contributed by atoms with Gasteiger partial charge in [-0.15, -0.1) is 0 Å². The van der Waals surface area contributed by atoms with E-state index in [0.717, 1.165) is 16.9 Å². The maximum Gasteiger partial charge on any atom is 0.118 e. The third-order valence-electron chi connectivity index (χ3n) is 4.13. The van der Waals surface area contributed by atoms with E-state index >= 15 is 0 Å². The molecule has 1 atom stereocenters. The summed E-state index contributed by atoms with van der Waals surface area (Å²) in [6, 6.07) is 12.7. The molecule has 0 aliphatic heterocycles. The maximum absolute atomic E-state index is 11.5. The molecule has 0 amide bonds. The fourth-order valence-electron chi connectivity index (χ4n) is 2.81. The number of methoxy groups -OCH3 is 1. The van der Waals surface area contributed by atoms with Crippen molar-refractivity contribution in [2.75, 3.05) is 7.11 Å². The molecule has 0 saturated heterocycles. The van der Waals surface area contributed by atoms with E-state index in [1.54, 1.807) is 31.8 Å². The van der Waals surface area contributed by atoms with Crippen molar-refractivity contribution < 1.29 is 9.84 Å². The topological polar surface area (TPSA) is 47.3 Å². The molecule has 0 saturated carbocycles. The van der Waals surface area contributed by atoms with Gasteiger partial charge in [-0.2, -0.15) is 0 Å². The van der Waals surface area contributed by atoms with Gasteiger partial charge in [-0.25, -0.2) is 4.98 Å². The van der Waals surface area contributed by atoms with Crippen molar-refractivity contribution in [3.63, 3.8) is 0 Å². The summed E-state index contributed by atoms with van der Waals surface area (Å²) in [6.45, 7) is 0.346. The van der Waals surface area contributed by atoms with Crippen LogP contribution >= 0.6 is 23.2 Å². The standard InChI is InChI=1S/C19H18Cl2N2O2/c1-25-17-6-3-15(4-7-17)19(24,12-23-9-8-22-13-23)11-14-2-5-16(20)10-18(14)21/h2-10,13,24H,11-12H2,1H3. The Labute approximate surface area is 156 Å². The lowest BCUT2D eigenvalue weighted by Crippen LogP contribution is -2.33. The number of ether oxygens (including phenoxy) is 1. The molecule has 0 spiro atoms. The molecule has 0 aliphatic rings. The van der Waals surface area contributed by atoms with Gasteiger partial charge in [0.25, 0.3) is 0 Å². The van der Waals surface area contributed by atoms with Gasteiger partial charge in [-0.3, -0.25) is 0 Å². The molecule has 1 unspecified atom stereocenters. The second-order valence-electron chi connectivity index (χ2n) is 5.91. The van der Waals surface area contributed by atoms with Crippen molar-refractivity contribution in [2.45, 2.75) is 18.6 Å². The van der Waals surface area contributed by atoms with Gasteiger partial charge in [-0.1, -0.05) is 41.4 Å². The van der Waals surface area contributed by atoms with Crippen LogP contribution in [-0.4, -0.2) is 21.8 Å². The highest BCUT2D eigenvalue weighted by Crippen LogP contribution is 2.32. The van der Waals surface area contributed by atoms with Crippen molar-refractivity contribution in [2.24, 2.45) is 0 Å². The smallest absolute Gasteiger partial charge is 0.118 e. The third-order valence-corrected chi connectivity index (χ3v) is 4.72. The van der Waals surface area contributed by atoms with E-state index in [1.807, 2.05) is 41.1 Å². The summed E-state index contributed by atoms with van der Waals surface area (Å²) in [7, 11) is 1.61. The molecule has 0 fully saturated rings. The highest BCUT2D eigenvalue weighted by Gasteiger charge is 2.31. The lowest BCUT2D eigenvalue weighted by molar-refractivity contribution is 0.0185. The Hall–Kier alpha value is -2.01. The molecule has 3 rings (SSSR count). The maximum atomic E-state index is 11.5.